The van der Waals surface area contributed by atoms with Gasteiger partial charge in [-0.15, -0.1) is 0 Å². The molecular weight excluding hydrogens is 529 g/mol. The van der Waals surface area contributed by atoms with Crippen LogP contribution in [0.15, 0.2) is 35.5 Å². The number of nitrogens with one attached hydrogen (secondary N) is 1. The summed E-state index contributed by atoms with van der Waals surface area (Å²) in [6, 6.07) is 7.87. The van der Waals surface area contributed by atoms with Gasteiger partial charge in [-0.25, -0.2) is 0 Å². The van der Waals surface area contributed by atoms with E-state index >= 15 is 0 Å². The number of benzene rings is 1. The van der Waals surface area contributed by atoms with E-state index in [1.807, 2.05) is 44.8 Å². The first kappa shape index (κ1) is 22.3. The number of aromatic hydroxyl groups is 1. The van der Waals surface area contributed by atoms with Crippen molar-refractivity contribution in [3.63, 3.8) is 0 Å². The number of hydrogen-bond donors (Lipinski definition) is 2. The summed E-state index contributed by atoms with van der Waals surface area (Å²) in [6.45, 7) is 10.9. The third kappa shape index (κ3) is 4.35. The Morgan fingerprint density at radius 3 is 2.55 bits per heavy atom. The number of aliphatic imine (C=N–C) groups is 1. The van der Waals surface area contributed by atoms with Crippen molar-refractivity contribution < 1.29 is 26.3 Å². The van der Waals surface area contributed by atoms with E-state index < -0.39 is 21.2 Å². The zero-order valence-corrected chi connectivity index (χ0v) is 21.7. The summed E-state index contributed by atoms with van der Waals surface area (Å²) in [4.78, 5) is 4.79. The van der Waals surface area contributed by atoms with Crippen LogP contribution in [0.25, 0.3) is 15.3 Å². The summed E-state index contributed by atoms with van der Waals surface area (Å²) in [7, 11) is 0. The molecule has 2 aliphatic heterocycles. The van der Waals surface area contributed by atoms with Crippen LogP contribution in [-0.4, -0.2) is 45.2 Å². The maximum absolute atomic E-state index is 10.8. The number of aromatic nitrogens is 5. The van der Waals surface area contributed by atoms with Gasteiger partial charge in [0.2, 0.25) is 0 Å². The van der Waals surface area contributed by atoms with Crippen molar-refractivity contribution in [2.24, 2.45) is 4.99 Å². The molecule has 0 saturated carbocycles. The molecule has 1 aromatic carbocycles. The van der Waals surface area contributed by atoms with Crippen LogP contribution in [0.5, 0.6) is 5.75 Å². The summed E-state index contributed by atoms with van der Waals surface area (Å²) >= 11 is -0.535. The van der Waals surface area contributed by atoms with Gasteiger partial charge in [0, 0.05) is 0 Å². The van der Waals surface area contributed by atoms with Crippen molar-refractivity contribution in [1.29, 1.82) is 0 Å². The fourth-order valence-corrected chi connectivity index (χ4v) is 7.08. The van der Waals surface area contributed by atoms with Gasteiger partial charge in [-0.05, 0) is 0 Å². The number of phenols is 1. The molecular formula is C24H29IN7O-. The molecule has 0 spiro atoms. The molecule has 2 aromatic heterocycles. The van der Waals surface area contributed by atoms with E-state index in [9.17, 15) is 5.11 Å². The van der Waals surface area contributed by atoms with Crippen LogP contribution in [0.4, 0.5) is 5.82 Å². The SMILES string of the molecule is Cc1ccnn1-c1ccc(C2=Cc3nnn(C4CC(C)(C)NC(C)(C)C4)c3N=C[I-]2)c(O)c1. The van der Waals surface area contributed by atoms with Crippen LogP contribution in [0.1, 0.15) is 63.5 Å². The van der Waals surface area contributed by atoms with E-state index in [4.69, 9.17) is 4.99 Å². The predicted molar refractivity (Wildman–Crippen MR) is 126 cm³/mol. The Morgan fingerprint density at radius 2 is 1.88 bits per heavy atom. The van der Waals surface area contributed by atoms with Crippen molar-refractivity contribution in [3.05, 3.63) is 47.4 Å². The molecule has 9 heteroatoms. The third-order valence-electron chi connectivity index (χ3n) is 6.13. The van der Waals surface area contributed by atoms with Gasteiger partial charge in [-0.2, -0.15) is 0 Å². The Kier molecular flexibility index (Phi) is 5.43. The summed E-state index contributed by atoms with van der Waals surface area (Å²) in [6.07, 6.45) is 5.72. The Labute approximate surface area is 204 Å². The van der Waals surface area contributed by atoms with Gasteiger partial charge >= 0.3 is 205 Å². The van der Waals surface area contributed by atoms with Crippen molar-refractivity contribution in [3.8, 4) is 11.4 Å². The first-order chi connectivity index (χ1) is 15.6. The fraction of sp³-hybridized carbons (Fsp3) is 0.417. The molecule has 2 N–H and O–H groups in total. The molecule has 33 heavy (non-hydrogen) atoms. The molecule has 8 nitrogen and oxygen atoms in total. The van der Waals surface area contributed by atoms with Crippen molar-refractivity contribution in [2.75, 3.05) is 0 Å². The number of phenolic OH excluding ortho intramolecular Hbond substituents is 1. The van der Waals surface area contributed by atoms with Crippen LogP contribution >= 0.6 is 0 Å². The molecule has 0 unspecified atom stereocenters. The van der Waals surface area contributed by atoms with E-state index in [1.165, 1.54) is 0 Å². The molecule has 4 heterocycles. The number of rotatable bonds is 3. The monoisotopic (exact) mass is 558 g/mol. The number of hydrogen-bond acceptors (Lipinski definition) is 6. The predicted octanol–water partition coefficient (Wildman–Crippen LogP) is 1.22. The number of aryl methyl sites for hydroxylation is 1. The second kappa shape index (κ2) is 8.05. The fourth-order valence-electron chi connectivity index (χ4n) is 5.11. The molecule has 2 aliphatic rings. The Balaban J connectivity index is 1.48. The van der Waals surface area contributed by atoms with E-state index in [0.29, 0.717) is 0 Å². The third-order valence-corrected chi connectivity index (χ3v) is 8.25. The van der Waals surface area contributed by atoms with Gasteiger partial charge < -0.3 is 0 Å². The standard InChI is InChI=1S/C24H29IN7O/c1-15-8-9-27-31(15)16-6-7-18(21(33)10-16)19-11-20-22(26-14-25-19)32(30-28-20)17-12-23(2,3)29-24(4,5)13-17/h6-11,14,17,29,33H,12-13H2,1-5H3/q-1. The topological polar surface area (TPSA) is 93.2 Å². The molecule has 3 aromatic rings. The summed E-state index contributed by atoms with van der Waals surface area (Å²) in [5.74, 6) is 1.05. The summed E-state index contributed by atoms with van der Waals surface area (Å²) in [5.41, 5.74) is 3.44. The van der Waals surface area contributed by atoms with Crippen LogP contribution in [0.2, 0.25) is 0 Å². The molecule has 0 bridgehead atoms. The Bertz CT molecular complexity index is 1250. The van der Waals surface area contributed by atoms with E-state index in [-0.39, 0.29) is 22.9 Å². The van der Waals surface area contributed by atoms with E-state index in [2.05, 4.69) is 48.4 Å². The minimum atomic E-state index is -0.535. The second-order valence-corrected chi connectivity index (χ2v) is 12.5. The number of piperidine rings is 1. The van der Waals surface area contributed by atoms with Gasteiger partial charge in [0.25, 0.3) is 0 Å². The van der Waals surface area contributed by atoms with Gasteiger partial charge in [-0.1, -0.05) is 0 Å². The second-order valence-electron chi connectivity index (χ2n) is 10.1. The molecule has 1 saturated heterocycles. The maximum atomic E-state index is 10.8. The van der Waals surface area contributed by atoms with Crippen LogP contribution in [0.3, 0.4) is 0 Å². The van der Waals surface area contributed by atoms with Crippen molar-refractivity contribution in [2.45, 2.75) is 64.6 Å². The zero-order valence-electron chi connectivity index (χ0n) is 19.5. The zero-order chi connectivity index (χ0) is 23.4. The van der Waals surface area contributed by atoms with Gasteiger partial charge in [0.1, 0.15) is 0 Å². The first-order valence-corrected chi connectivity index (χ1v) is 13.4. The molecule has 5 rings (SSSR count). The number of fused-ring (bicyclic) bond motifs is 1. The molecule has 1 fully saturated rings. The minimum absolute atomic E-state index is 0.00802. The first-order valence-electron chi connectivity index (χ1n) is 11.1. The van der Waals surface area contributed by atoms with Crippen molar-refractivity contribution in [1.82, 2.24) is 30.1 Å². The summed E-state index contributed by atoms with van der Waals surface area (Å²) in [5, 5.41) is 27.9. The molecule has 0 amide bonds. The molecule has 0 radical (unpaired) electrons. The van der Waals surface area contributed by atoms with Crippen LogP contribution in [0, 0.1) is 6.92 Å². The number of halogens is 1. The van der Waals surface area contributed by atoms with Gasteiger partial charge in [0.05, 0.1) is 0 Å². The van der Waals surface area contributed by atoms with E-state index in [0.717, 1.165) is 44.9 Å². The quantitative estimate of drug-likeness (QED) is 0.472. The molecule has 174 valence electrons. The number of nitrogens with zero attached hydrogens (tertiary/aromatic N) is 6. The average molecular weight is 558 g/mol. The molecule has 0 atom stereocenters. The Morgan fingerprint density at radius 1 is 1.12 bits per heavy atom. The molecule has 0 aliphatic carbocycles. The van der Waals surface area contributed by atoms with Crippen molar-refractivity contribution >= 4 is 19.7 Å². The summed E-state index contributed by atoms with van der Waals surface area (Å²) < 4.78 is 6.88. The normalized spacial score (nSPS) is 20.0. The van der Waals surface area contributed by atoms with Crippen LogP contribution in [-0.2, 0) is 0 Å². The Hall–Kier alpha value is -2.53. The van der Waals surface area contributed by atoms with Crippen LogP contribution < -0.4 is 26.5 Å². The van der Waals surface area contributed by atoms with Gasteiger partial charge in [0.15, 0.2) is 0 Å². The van der Waals surface area contributed by atoms with E-state index in [1.54, 1.807) is 12.3 Å². The van der Waals surface area contributed by atoms with Gasteiger partial charge in [-0.3, -0.25) is 0 Å². The average Bonchev–Trinajstić information content (AvgIpc) is 3.25.